The molecule has 0 amide bonds. The molecule has 7 heteroatoms. The predicted octanol–water partition coefficient (Wildman–Crippen LogP) is 8.01. The number of aromatic nitrogens is 4. The monoisotopic (exact) mass is 533 g/mol. The molecular formula is C32H31N5OS. The number of fused-ring (bicyclic) bond motifs is 2. The molecule has 2 N–H and O–H groups in total. The molecule has 5 aromatic rings. The maximum absolute atomic E-state index is 6.30. The fraction of sp³-hybridized carbons (Fsp3) is 0.281. The Balaban J connectivity index is 1.26. The summed E-state index contributed by atoms with van der Waals surface area (Å²) in [6.45, 7) is 4.28. The van der Waals surface area contributed by atoms with Crippen molar-refractivity contribution in [2.24, 2.45) is 0 Å². The quantitative estimate of drug-likeness (QED) is 0.239. The number of ether oxygens (including phenoxy) is 1. The van der Waals surface area contributed by atoms with E-state index >= 15 is 0 Å². The van der Waals surface area contributed by atoms with Crippen LogP contribution < -0.4 is 10.1 Å². The lowest BCUT2D eigenvalue weighted by atomic mass is 9.95. The van der Waals surface area contributed by atoms with Gasteiger partial charge >= 0.3 is 0 Å². The molecule has 39 heavy (non-hydrogen) atoms. The van der Waals surface area contributed by atoms with E-state index in [0.29, 0.717) is 0 Å². The summed E-state index contributed by atoms with van der Waals surface area (Å²) >= 11 is 1.77. The van der Waals surface area contributed by atoms with Gasteiger partial charge < -0.3 is 15.0 Å². The largest absolute Gasteiger partial charge is 0.489 e. The zero-order chi connectivity index (χ0) is 26.3. The number of nitrogens with zero attached hydrogens (tertiary/aromatic N) is 3. The Labute approximate surface area is 232 Å². The summed E-state index contributed by atoms with van der Waals surface area (Å²) in [6.07, 6.45) is 16.1. The third kappa shape index (κ3) is 4.72. The van der Waals surface area contributed by atoms with Crippen molar-refractivity contribution in [3.8, 4) is 27.4 Å². The van der Waals surface area contributed by atoms with Crippen LogP contribution in [0.25, 0.3) is 38.2 Å². The Morgan fingerprint density at radius 1 is 0.949 bits per heavy atom. The van der Waals surface area contributed by atoms with Crippen LogP contribution in [0.4, 0.5) is 5.82 Å². The van der Waals surface area contributed by atoms with Crippen molar-refractivity contribution >= 4 is 33.6 Å². The second-order valence-corrected chi connectivity index (χ2v) is 11.9. The summed E-state index contributed by atoms with van der Waals surface area (Å²) in [6, 6.07) is 13.0. The number of aryl methyl sites for hydroxylation is 1. The third-order valence-corrected chi connectivity index (χ3v) is 8.68. The number of thiophene rings is 1. The van der Waals surface area contributed by atoms with Crippen LogP contribution in [-0.2, 0) is 0 Å². The second kappa shape index (κ2) is 9.97. The SMILES string of the molecule is Cc1ccc(-c2nccc3[nH]c(C4=CC(C)Nc5ncc(-c6cncc(OC7CCCCC7)c6)cc54)cc23)s1. The average Bonchev–Trinajstić information content (AvgIpc) is 3.59. The van der Waals surface area contributed by atoms with Crippen LogP contribution in [0.5, 0.6) is 5.75 Å². The van der Waals surface area contributed by atoms with Gasteiger partial charge in [-0.1, -0.05) is 12.5 Å². The lowest BCUT2D eigenvalue weighted by molar-refractivity contribution is 0.154. The first kappa shape index (κ1) is 24.1. The number of pyridine rings is 3. The van der Waals surface area contributed by atoms with Crippen molar-refractivity contribution in [2.45, 2.75) is 58.1 Å². The lowest BCUT2D eigenvalue weighted by Crippen LogP contribution is -2.20. The van der Waals surface area contributed by atoms with E-state index in [9.17, 15) is 0 Å². The zero-order valence-electron chi connectivity index (χ0n) is 22.2. The number of rotatable bonds is 5. The minimum Gasteiger partial charge on any atom is -0.489 e. The average molecular weight is 534 g/mol. The highest BCUT2D eigenvalue weighted by Gasteiger charge is 2.22. The van der Waals surface area contributed by atoms with Gasteiger partial charge in [0.1, 0.15) is 11.6 Å². The Morgan fingerprint density at radius 2 is 1.82 bits per heavy atom. The number of anilines is 1. The molecule has 1 saturated carbocycles. The predicted molar refractivity (Wildman–Crippen MR) is 159 cm³/mol. The van der Waals surface area contributed by atoms with Gasteiger partial charge in [0, 0.05) is 68.4 Å². The van der Waals surface area contributed by atoms with Gasteiger partial charge in [0.15, 0.2) is 0 Å². The summed E-state index contributed by atoms with van der Waals surface area (Å²) in [7, 11) is 0. The van der Waals surface area contributed by atoms with E-state index in [1.807, 2.05) is 30.9 Å². The molecule has 0 spiro atoms. The Bertz CT molecular complexity index is 1690. The topological polar surface area (TPSA) is 75.7 Å². The highest BCUT2D eigenvalue weighted by Crippen LogP contribution is 2.39. The van der Waals surface area contributed by atoms with Crippen molar-refractivity contribution in [3.63, 3.8) is 0 Å². The summed E-state index contributed by atoms with van der Waals surface area (Å²) in [5.74, 6) is 1.72. The minimum atomic E-state index is 0.156. The van der Waals surface area contributed by atoms with Crippen molar-refractivity contribution in [1.82, 2.24) is 19.9 Å². The van der Waals surface area contributed by atoms with E-state index < -0.39 is 0 Å². The molecule has 1 aliphatic heterocycles. The van der Waals surface area contributed by atoms with Crippen LogP contribution in [0.3, 0.4) is 0 Å². The highest BCUT2D eigenvalue weighted by atomic mass is 32.1. The smallest absolute Gasteiger partial charge is 0.138 e. The van der Waals surface area contributed by atoms with Crippen LogP contribution in [0, 0.1) is 6.92 Å². The fourth-order valence-corrected chi connectivity index (χ4v) is 6.63. The first-order valence-electron chi connectivity index (χ1n) is 13.8. The van der Waals surface area contributed by atoms with Crippen molar-refractivity contribution in [3.05, 3.63) is 83.4 Å². The molecule has 0 bridgehead atoms. The summed E-state index contributed by atoms with van der Waals surface area (Å²) in [4.78, 5) is 20.2. The van der Waals surface area contributed by atoms with E-state index in [4.69, 9.17) is 14.7 Å². The highest BCUT2D eigenvalue weighted by molar-refractivity contribution is 7.15. The number of hydrogen-bond acceptors (Lipinski definition) is 6. The Morgan fingerprint density at radius 3 is 2.67 bits per heavy atom. The molecule has 0 aromatic carbocycles. The van der Waals surface area contributed by atoms with E-state index in [2.05, 4.69) is 65.5 Å². The van der Waals surface area contributed by atoms with E-state index in [0.717, 1.165) is 69.0 Å². The Kier molecular flexibility index (Phi) is 6.16. The molecule has 6 heterocycles. The van der Waals surface area contributed by atoms with Gasteiger partial charge in [0.25, 0.3) is 0 Å². The minimum absolute atomic E-state index is 0.156. The van der Waals surface area contributed by atoms with Crippen LogP contribution >= 0.6 is 11.3 Å². The van der Waals surface area contributed by atoms with Crippen LogP contribution in [-0.4, -0.2) is 32.1 Å². The summed E-state index contributed by atoms with van der Waals surface area (Å²) < 4.78 is 6.30. The molecule has 196 valence electrons. The maximum atomic E-state index is 6.30. The molecule has 1 fully saturated rings. The van der Waals surface area contributed by atoms with E-state index in [1.165, 1.54) is 29.0 Å². The lowest BCUT2D eigenvalue weighted by Gasteiger charge is -2.24. The first-order chi connectivity index (χ1) is 19.1. The van der Waals surface area contributed by atoms with Gasteiger partial charge in [-0.05, 0) is 75.9 Å². The summed E-state index contributed by atoms with van der Waals surface area (Å²) in [5.41, 5.74) is 7.39. The van der Waals surface area contributed by atoms with Gasteiger partial charge in [-0.3, -0.25) is 9.97 Å². The van der Waals surface area contributed by atoms with E-state index in [-0.39, 0.29) is 12.1 Å². The van der Waals surface area contributed by atoms with Gasteiger partial charge in [-0.15, -0.1) is 11.3 Å². The number of hydrogen-bond donors (Lipinski definition) is 2. The number of nitrogens with one attached hydrogen (secondary N) is 2. The van der Waals surface area contributed by atoms with Gasteiger partial charge in [0.05, 0.1) is 22.9 Å². The molecule has 0 saturated heterocycles. The van der Waals surface area contributed by atoms with Crippen LogP contribution in [0.2, 0.25) is 0 Å². The molecule has 1 aliphatic carbocycles. The molecule has 7 rings (SSSR count). The molecule has 2 aliphatic rings. The molecular weight excluding hydrogens is 502 g/mol. The fourth-order valence-electron chi connectivity index (χ4n) is 5.75. The van der Waals surface area contributed by atoms with E-state index in [1.54, 1.807) is 11.3 Å². The van der Waals surface area contributed by atoms with Crippen molar-refractivity contribution in [2.75, 3.05) is 5.32 Å². The van der Waals surface area contributed by atoms with Crippen LogP contribution in [0.15, 0.2) is 67.3 Å². The molecule has 6 nitrogen and oxygen atoms in total. The zero-order valence-corrected chi connectivity index (χ0v) is 23.0. The van der Waals surface area contributed by atoms with Gasteiger partial charge in [0.2, 0.25) is 0 Å². The molecule has 1 atom stereocenters. The molecule has 1 unspecified atom stereocenters. The number of H-pyrrole nitrogens is 1. The van der Waals surface area contributed by atoms with Gasteiger partial charge in [-0.2, -0.15) is 0 Å². The number of aromatic amines is 1. The standard InChI is InChI=1S/C32H31N5OS/c1-19-12-25(29-15-27-28(37-29)10-11-34-31(27)30-9-8-20(2)39-30)26-14-22(17-35-32(26)36-19)21-13-24(18-33-16-21)38-23-6-4-3-5-7-23/h8-19,23,37H,3-7H2,1-2H3,(H,35,36). The first-order valence-corrected chi connectivity index (χ1v) is 14.6. The maximum Gasteiger partial charge on any atom is 0.138 e. The van der Waals surface area contributed by atoms with Crippen molar-refractivity contribution in [1.29, 1.82) is 0 Å². The second-order valence-electron chi connectivity index (χ2n) is 10.6. The third-order valence-electron chi connectivity index (χ3n) is 7.67. The van der Waals surface area contributed by atoms with Crippen molar-refractivity contribution < 1.29 is 4.74 Å². The summed E-state index contributed by atoms with van der Waals surface area (Å²) in [5, 5.41) is 4.65. The Hall–Kier alpha value is -3.97. The normalized spacial score (nSPS) is 17.5. The van der Waals surface area contributed by atoms with Gasteiger partial charge in [-0.25, -0.2) is 4.98 Å². The van der Waals surface area contributed by atoms with Crippen LogP contribution in [0.1, 0.15) is 55.2 Å². The molecule has 0 radical (unpaired) electrons. The molecule has 5 aromatic heterocycles.